The van der Waals surface area contributed by atoms with Crippen LogP contribution in [0.15, 0.2) is 24.3 Å². The largest absolute Gasteiger partial charge is 0.480 e. The molecule has 1 fully saturated rings. The molecule has 3 nitrogen and oxygen atoms in total. The Morgan fingerprint density at radius 1 is 1.18 bits per heavy atom. The van der Waals surface area contributed by atoms with E-state index in [-0.39, 0.29) is 0 Å². The van der Waals surface area contributed by atoms with Crippen LogP contribution >= 0.6 is 0 Å². The van der Waals surface area contributed by atoms with Crippen LogP contribution in [0.3, 0.4) is 0 Å². The number of hydrogen-bond donors (Lipinski definition) is 2. The Morgan fingerprint density at radius 3 is 2.29 bits per heavy atom. The van der Waals surface area contributed by atoms with Crippen molar-refractivity contribution in [1.29, 1.82) is 0 Å². The summed E-state index contributed by atoms with van der Waals surface area (Å²) in [5, 5.41) is 12.7. The molecule has 17 heavy (non-hydrogen) atoms. The first-order valence-electron chi connectivity index (χ1n) is 6.21. The number of hydrogen-bond acceptors (Lipinski definition) is 2. The van der Waals surface area contributed by atoms with Crippen molar-refractivity contribution in [2.75, 3.05) is 5.32 Å². The number of carbonyl (C=O) groups is 1. The highest BCUT2D eigenvalue weighted by atomic mass is 16.4. The summed E-state index contributed by atoms with van der Waals surface area (Å²) >= 11 is 0. The van der Waals surface area contributed by atoms with Crippen LogP contribution in [0, 0.1) is 6.92 Å². The minimum Gasteiger partial charge on any atom is -0.480 e. The lowest BCUT2D eigenvalue weighted by Crippen LogP contribution is -2.47. The van der Waals surface area contributed by atoms with E-state index in [2.05, 4.69) is 5.32 Å². The fourth-order valence-corrected chi connectivity index (χ4v) is 2.46. The van der Waals surface area contributed by atoms with Crippen LogP contribution in [0.2, 0.25) is 0 Å². The van der Waals surface area contributed by atoms with E-state index < -0.39 is 11.5 Å². The monoisotopic (exact) mass is 233 g/mol. The summed E-state index contributed by atoms with van der Waals surface area (Å²) in [7, 11) is 0. The van der Waals surface area contributed by atoms with Gasteiger partial charge >= 0.3 is 5.97 Å². The van der Waals surface area contributed by atoms with Crippen molar-refractivity contribution in [1.82, 2.24) is 0 Å². The molecule has 3 heteroatoms. The maximum absolute atomic E-state index is 11.5. The van der Waals surface area contributed by atoms with Crippen molar-refractivity contribution >= 4 is 11.7 Å². The minimum atomic E-state index is -0.756. The van der Waals surface area contributed by atoms with E-state index >= 15 is 0 Å². The molecule has 1 saturated carbocycles. The Balaban J connectivity index is 2.17. The summed E-state index contributed by atoms with van der Waals surface area (Å²) in [5.74, 6) is -0.724. The number of aryl methyl sites for hydroxylation is 1. The van der Waals surface area contributed by atoms with Gasteiger partial charge in [0.1, 0.15) is 5.54 Å². The van der Waals surface area contributed by atoms with Crippen molar-refractivity contribution in [2.24, 2.45) is 0 Å². The fourth-order valence-electron chi connectivity index (χ4n) is 2.46. The normalized spacial score (nSPS) is 18.6. The minimum absolute atomic E-state index is 0.718. The molecule has 0 bridgehead atoms. The molecular formula is C14H19NO2. The molecule has 0 aliphatic heterocycles. The predicted octanol–water partition coefficient (Wildman–Crippen LogP) is 3.19. The standard InChI is InChI=1S/C14H19NO2/c1-11-5-7-12(8-6-11)15-14(13(16)17)9-3-2-4-10-14/h5-8,15H,2-4,9-10H2,1H3,(H,16,17). The summed E-state index contributed by atoms with van der Waals surface area (Å²) in [5.41, 5.74) is 1.33. The van der Waals surface area contributed by atoms with E-state index in [0.29, 0.717) is 0 Å². The van der Waals surface area contributed by atoms with Gasteiger partial charge in [0.15, 0.2) is 0 Å². The highest BCUT2D eigenvalue weighted by Crippen LogP contribution is 2.32. The highest BCUT2D eigenvalue weighted by Gasteiger charge is 2.39. The molecule has 0 saturated heterocycles. The van der Waals surface area contributed by atoms with Gasteiger partial charge in [-0.1, -0.05) is 37.0 Å². The summed E-state index contributed by atoms with van der Waals surface area (Å²) in [6.45, 7) is 2.03. The highest BCUT2D eigenvalue weighted by molar-refractivity contribution is 5.83. The van der Waals surface area contributed by atoms with E-state index in [1.54, 1.807) is 0 Å². The molecule has 2 rings (SSSR count). The predicted molar refractivity (Wildman–Crippen MR) is 68.3 cm³/mol. The molecule has 1 aromatic carbocycles. The van der Waals surface area contributed by atoms with Crippen LogP contribution in [0.4, 0.5) is 5.69 Å². The molecule has 0 unspecified atom stereocenters. The SMILES string of the molecule is Cc1ccc(NC2(C(=O)O)CCCCC2)cc1. The van der Waals surface area contributed by atoms with Gasteiger partial charge in [0.25, 0.3) is 0 Å². The third-order valence-electron chi connectivity index (χ3n) is 3.55. The first kappa shape index (κ1) is 12.0. The van der Waals surface area contributed by atoms with Crippen LogP contribution in [0.5, 0.6) is 0 Å². The van der Waals surface area contributed by atoms with Crippen LogP contribution in [0.25, 0.3) is 0 Å². The molecule has 1 aliphatic carbocycles. The molecule has 0 atom stereocenters. The van der Waals surface area contributed by atoms with Crippen LogP contribution < -0.4 is 5.32 Å². The number of aliphatic carboxylic acids is 1. The molecule has 0 spiro atoms. The summed E-state index contributed by atoms with van der Waals surface area (Å²) < 4.78 is 0. The zero-order valence-corrected chi connectivity index (χ0v) is 10.2. The second-order valence-electron chi connectivity index (χ2n) is 4.94. The van der Waals surface area contributed by atoms with Gasteiger partial charge in [0.2, 0.25) is 0 Å². The molecule has 0 aromatic heterocycles. The fraction of sp³-hybridized carbons (Fsp3) is 0.500. The Bertz CT molecular complexity index is 391. The van der Waals surface area contributed by atoms with E-state index in [1.165, 1.54) is 5.56 Å². The summed E-state index contributed by atoms with van der Waals surface area (Å²) in [6, 6.07) is 7.91. The van der Waals surface area contributed by atoms with Gasteiger partial charge < -0.3 is 10.4 Å². The number of benzene rings is 1. The number of carboxylic acid groups (broad SMARTS) is 1. The number of nitrogens with one attached hydrogen (secondary N) is 1. The molecule has 0 heterocycles. The Labute approximate surface area is 102 Å². The van der Waals surface area contributed by atoms with Crippen molar-refractivity contribution in [2.45, 2.75) is 44.6 Å². The molecule has 2 N–H and O–H groups in total. The number of carboxylic acids is 1. The van der Waals surface area contributed by atoms with Gasteiger partial charge in [-0.3, -0.25) is 0 Å². The maximum atomic E-state index is 11.5. The quantitative estimate of drug-likeness (QED) is 0.843. The summed E-state index contributed by atoms with van der Waals surface area (Å²) in [6.07, 6.45) is 4.56. The average Bonchev–Trinajstić information content (AvgIpc) is 2.33. The molecule has 0 amide bonds. The van der Waals surface area contributed by atoms with Gasteiger partial charge in [0.05, 0.1) is 0 Å². The third-order valence-corrected chi connectivity index (χ3v) is 3.55. The van der Waals surface area contributed by atoms with Crippen molar-refractivity contribution in [3.63, 3.8) is 0 Å². The average molecular weight is 233 g/mol. The lowest BCUT2D eigenvalue weighted by molar-refractivity contribution is -0.143. The maximum Gasteiger partial charge on any atom is 0.329 e. The number of rotatable bonds is 3. The van der Waals surface area contributed by atoms with Gasteiger partial charge in [0, 0.05) is 5.69 Å². The summed E-state index contributed by atoms with van der Waals surface area (Å²) in [4.78, 5) is 11.5. The first-order chi connectivity index (χ1) is 8.12. The van der Waals surface area contributed by atoms with Crippen LogP contribution in [-0.2, 0) is 4.79 Å². The Kier molecular flexibility index (Phi) is 3.36. The van der Waals surface area contributed by atoms with Gasteiger partial charge in [-0.25, -0.2) is 4.79 Å². The Hall–Kier alpha value is -1.51. The zero-order valence-electron chi connectivity index (χ0n) is 10.2. The molecule has 1 aliphatic rings. The van der Waals surface area contributed by atoms with E-state index in [4.69, 9.17) is 0 Å². The number of anilines is 1. The van der Waals surface area contributed by atoms with Crippen LogP contribution in [0.1, 0.15) is 37.7 Å². The zero-order chi connectivity index (χ0) is 12.3. The molecular weight excluding hydrogens is 214 g/mol. The van der Waals surface area contributed by atoms with Gasteiger partial charge in [-0.15, -0.1) is 0 Å². The van der Waals surface area contributed by atoms with E-state index in [1.807, 2.05) is 31.2 Å². The van der Waals surface area contributed by atoms with Gasteiger partial charge in [-0.2, -0.15) is 0 Å². The first-order valence-corrected chi connectivity index (χ1v) is 6.21. The smallest absolute Gasteiger partial charge is 0.329 e. The lowest BCUT2D eigenvalue weighted by atomic mass is 9.81. The van der Waals surface area contributed by atoms with Gasteiger partial charge in [-0.05, 0) is 31.9 Å². The van der Waals surface area contributed by atoms with Crippen molar-refractivity contribution in [3.05, 3.63) is 29.8 Å². The molecule has 92 valence electrons. The molecule has 1 aromatic rings. The van der Waals surface area contributed by atoms with E-state index in [9.17, 15) is 9.90 Å². The molecule has 0 radical (unpaired) electrons. The van der Waals surface area contributed by atoms with E-state index in [0.717, 1.165) is 37.8 Å². The van der Waals surface area contributed by atoms with Crippen LogP contribution in [-0.4, -0.2) is 16.6 Å². The second-order valence-corrected chi connectivity index (χ2v) is 4.94. The Morgan fingerprint density at radius 2 is 1.76 bits per heavy atom. The third kappa shape index (κ3) is 2.60. The lowest BCUT2D eigenvalue weighted by Gasteiger charge is -2.35. The topological polar surface area (TPSA) is 49.3 Å². The van der Waals surface area contributed by atoms with Crippen molar-refractivity contribution < 1.29 is 9.90 Å². The van der Waals surface area contributed by atoms with Crippen molar-refractivity contribution in [3.8, 4) is 0 Å². The second kappa shape index (κ2) is 4.78.